The second kappa shape index (κ2) is 4.43. The SMILES string of the molecule is CN(Cc1ccsc1)[C@@H]1CCC[C@H]1O. The molecular formula is C11H17NOS. The molecule has 2 nitrogen and oxygen atoms in total. The zero-order valence-corrected chi connectivity index (χ0v) is 9.33. The van der Waals surface area contributed by atoms with Crippen molar-refractivity contribution in [1.29, 1.82) is 0 Å². The first-order valence-corrected chi connectivity index (χ1v) is 6.11. The van der Waals surface area contributed by atoms with Gasteiger partial charge >= 0.3 is 0 Å². The highest BCUT2D eigenvalue weighted by atomic mass is 32.1. The van der Waals surface area contributed by atoms with Gasteiger partial charge in [-0.1, -0.05) is 0 Å². The fraction of sp³-hybridized carbons (Fsp3) is 0.636. The Morgan fingerprint density at radius 1 is 1.57 bits per heavy atom. The summed E-state index contributed by atoms with van der Waals surface area (Å²) in [6.45, 7) is 0.964. The lowest BCUT2D eigenvalue weighted by Crippen LogP contribution is -2.36. The average molecular weight is 211 g/mol. The Balaban J connectivity index is 1.92. The van der Waals surface area contributed by atoms with Crippen molar-refractivity contribution in [3.8, 4) is 0 Å². The van der Waals surface area contributed by atoms with Crippen LogP contribution in [0.3, 0.4) is 0 Å². The Hall–Kier alpha value is -0.380. The molecule has 2 atom stereocenters. The molecule has 1 aromatic rings. The third-order valence-corrected chi connectivity index (χ3v) is 3.75. The highest BCUT2D eigenvalue weighted by Gasteiger charge is 2.28. The van der Waals surface area contributed by atoms with E-state index in [1.807, 2.05) is 0 Å². The molecule has 1 aliphatic rings. The first-order chi connectivity index (χ1) is 6.77. The van der Waals surface area contributed by atoms with Gasteiger partial charge in [-0.2, -0.15) is 11.3 Å². The summed E-state index contributed by atoms with van der Waals surface area (Å²) in [5.41, 5.74) is 1.36. The Labute approximate surface area is 89.2 Å². The summed E-state index contributed by atoms with van der Waals surface area (Å²) in [4.78, 5) is 2.28. The number of nitrogens with zero attached hydrogens (tertiary/aromatic N) is 1. The zero-order chi connectivity index (χ0) is 9.97. The van der Waals surface area contributed by atoms with Gasteiger partial charge < -0.3 is 5.11 Å². The van der Waals surface area contributed by atoms with Crippen molar-refractivity contribution in [2.75, 3.05) is 7.05 Å². The van der Waals surface area contributed by atoms with Gasteiger partial charge in [-0.05, 0) is 48.7 Å². The predicted octanol–water partition coefficient (Wildman–Crippen LogP) is 2.09. The van der Waals surface area contributed by atoms with E-state index in [2.05, 4.69) is 28.8 Å². The zero-order valence-electron chi connectivity index (χ0n) is 8.52. The molecule has 1 fully saturated rings. The highest BCUT2D eigenvalue weighted by molar-refractivity contribution is 7.07. The second-order valence-electron chi connectivity index (χ2n) is 4.11. The molecule has 78 valence electrons. The minimum atomic E-state index is -0.112. The summed E-state index contributed by atoms with van der Waals surface area (Å²) in [6.07, 6.45) is 3.17. The number of likely N-dealkylation sites (N-methyl/N-ethyl adjacent to an activating group) is 1. The maximum atomic E-state index is 9.75. The van der Waals surface area contributed by atoms with E-state index in [9.17, 15) is 5.11 Å². The summed E-state index contributed by atoms with van der Waals surface area (Å²) < 4.78 is 0. The standard InChI is InChI=1S/C11H17NOS/c1-12(7-9-5-6-14-8-9)10-3-2-4-11(10)13/h5-6,8,10-11,13H,2-4,7H2,1H3/t10-,11-/m1/s1. The molecule has 1 aliphatic carbocycles. The first kappa shape index (κ1) is 10.1. The van der Waals surface area contributed by atoms with E-state index < -0.39 is 0 Å². The van der Waals surface area contributed by atoms with Crippen molar-refractivity contribution in [3.63, 3.8) is 0 Å². The molecule has 0 bridgehead atoms. The highest BCUT2D eigenvalue weighted by Crippen LogP contribution is 2.24. The Morgan fingerprint density at radius 2 is 2.43 bits per heavy atom. The van der Waals surface area contributed by atoms with Gasteiger partial charge in [0.15, 0.2) is 0 Å². The van der Waals surface area contributed by atoms with Crippen LogP contribution in [0.15, 0.2) is 16.8 Å². The molecule has 0 aromatic carbocycles. The fourth-order valence-electron chi connectivity index (χ4n) is 2.22. The van der Waals surface area contributed by atoms with Crippen molar-refractivity contribution >= 4 is 11.3 Å². The van der Waals surface area contributed by atoms with Gasteiger partial charge in [0.05, 0.1) is 6.10 Å². The molecule has 0 aliphatic heterocycles. The van der Waals surface area contributed by atoms with Gasteiger partial charge in [-0.15, -0.1) is 0 Å². The molecule has 1 heterocycles. The lowest BCUT2D eigenvalue weighted by Gasteiger charge is -2.26. The van der Waals surface area contributed by atoms with Gasteiger partial charge in [-0.25, -0.2) is 0 Å². The van der Waals surface area contributed by atoms with E-state index in [0.29, 0.717) is 6.04 Å². The minimum Gasteiger partial charge on any atom is -0.391 e. The monoisotopic (exact) mass is 211 g/mol. The van der Waals surface area contributed by atoms with Crippen LogP contribution in [0.4, 0.5) is 0 Å². The maximum Gasteiger partial charge on any atom is 0.0695 e. The lowest BCUT2D eigenvalue weighted by atomic mass is 10.2. The fourth-order valence-corrected chi connectivity index (χ4v) is 2.88. The molecule has 0 spiro atoms. The molecule has 2 rings (SSSR count). The number of thiophene rings is 1. The van der Waals surface area contributed by atoms with Crippen molar-refractivity contribution in [2.45, 2.75) is 38.0 Å². The van der Waals surface area contributed by atoms with Crippen LogP contribution in [0, 0.1) is 0 Å². The van der Waals surface area contributed by atoms with Crippen LogP contribution in [0.2, 0.25) is 0 Å². The van der Waals surface area contributed by atoms with Crippen LogP contribution in [-0.4, -0.2) is 29.2 Å². The van der Waals surface area contributed by atoms with Crippen LogP contribution >= 0.6 is 11.3 Å². The van der Waals surface area contributed by atoms with Gasteiger partial charge in [0.25, 0.3) is 0 Å². The van der Waals surface area contributed by atoms with Crippen molar-refractivity contribution in [1.82, 2.24) is 4.90 Å². The number of aliphatic hydroxyl groups is 1. The third-order valence-electron chi connectivity index (χ3n) is 3.02. The Bertz CT molecular complexity index is 273. The van der Waals surface area contributed by atoms with Crippen LogP contribution in [0.25, 0.3) is 0 Å². The Morgan fingerprint density at radius 3 is 3.00 bits per heavy atom. The molecule has 14 heavy (non-hydrogen) atoms. The Kier molecular flexibility index (Phi) is 3.21. The van der Waals surface area contributed by atoms with Gasteiger partial charge in [0, 0.05) is 12.6 Å². The van der Waals surface area contributed by atoms with Gasteiger partial charge in [0.1, 0.15) is 0 Å². The minimum absolute atomic E-state index is 0.112. The molecule has 3 heteroatoms. The van der Waals surface area contributed by atoms with Crippen LogP contribution in [-0.2, 0) is 6.54 Å². The summed E-state index contributed by atoms with van der Waals surface area (Å²) >= 11 is 1.74. The topological polar surface area (TPSA) is 23.5 Å². The van der Waals surface area contributed by atoms with Crippen LogP contribution in [0.5, 0.6) is 0 Å². The molecule has 0 radical (unpaired) electrons. The normalized spacial score (nSPS) is 27.4. The maximum absolute atomic E-state index is 9.75. The second-order valence-corrected chi connectivity index (χ2v) is 4.89. The summed E-state index contributed by atoms with van der Waals surface area (Å²) in [5.74, 6) is 0. The number of hydrogen-bond donors (Lipinski definition) is 1. The van der Waals surface area contributed by atoms with E-state index in [1.165, 1.54) is 12.0 Å². The molecule has 0 amide bonds. The lowest BCUT2D eigenvalue weighted by molar-refractivity contribution is 0.0825. The van der Waals surface area contributed by atoms with Gasteiger partial charge in [-0.3, -0.25) is 4.90 Å². The molecule has 0 saturated heterocycles. The smallest absolute Gasteiger partial charge is 0.0695 e. The third kappa shape index (κ3) is 2.16. The summed E-state index contributed by atoms with van der Waals surface area (Å²) in [5, 5.41) is 14.0. The van der Waals surface area contributed by atoms with Gasteiger partial charge in [0.2, 0.25) is 0 Å². The molecule has 0 unspecified atom stereocenters. The average Bonchev–Trinajstić information content (AvgIpc) is 2.75. The van der Waals surface area contributed by atoms with E-state index in [0.717, 1.165) is 19.4 Å². The van der Waals surface area contributed by atoms with Crippen molar-refractivity contribution in [3.05, 3.63) is 22.4 Å². The van der Waals surface area contributed by atoms with Crippen LogP contribution in [0.1, 0.15) is 24.8 Å². The van der Waals surface area contributed by atoms with E-state index in [-0.39, 0.29) is 6.10 Å². The van der Waals surface area contributed by atoms with Crippen molar-refractivity contribution < 1.29 is 5.11 Å². The largest absolute Gasteiger partial charge is 0.391 e. The molecule has 1 N–H and O–H groups in total. The van der Waals surface area contributed by atoms with E-state index >= 15 is 0 Å². The van der Waals surface area contributed by atoms with Crippen molar-refractivity contribution in [2.24, 2.45) is 0 Å². The number of aliphatic hydroxyl groups excluding tert-OH is 1. The molecular weight excluding hydrogens is 194 g/mol. The first-order valence-electron chi connectivity index (χ1n) is 5.17. The summed E-state index contributed by atoms with van der Waals surface area (Å²) in [7, 11) is 2.11. The number of rotatable bonds is 3. The van der Waals surface area contributed by atoms with Crippen LogP contribution < -0.4 is 0 Å². The summed E-state index contributed by atoms with van der Waals surface area (Å²) in [6, 6.07) is 2.53. The predicted molar refractivity (Wildman–Crippen MR) is 59.4 cm³/mol. The molecule has 1 saturated carbocycles. The number of hydrogen-bond acceptors (Lipinski definition) is 3. The quantitative estimate of drug-likeness (QED) is 0.827. The molecule has 1 aromatic heterocycles. The van der Waals surface area contributed by atoms with E-state index in [1.54, 1.807) is 11.3 Å². The van der Waals surface area contributed by atoms with E-state index in [4.69, 9.17) is 0 Å².